The minimum Gasteiger partial charge on any atom is -0.488 e. The normalized spacial score (nSPS) is 17.7. The van der Waals surface area contributed by atoms with Crippen LogP contribution < -0.4 is 10.5 Å². The van der Waals surface area contributed by atoms with Gasteiger partial charge in [0.1, 0.15) is 11.9 Å². The zero-order chi connectivity index (χ0) is 17.6. The number of aliphatic imine (C=N–C) groups is 1. The molecule has 1 aromatic rings. The highest BCUT2D eigenvalue weighted by Crippen LogP contribution is 2.36. The number of nitrogens with zero attached hydrogens (tertiary/aromatic N) is 2. The van der Waals surface area contributed by atoms with Gasteiger partial charge in [-0.1, -0.05) is 19.1 Å². The molecule has 1 heterocycles. The van der Waals surface area contributed by atoms with Crippen molar-refractivity contribution >= 4 is 5.96 Å². The van der Waals surface area contributed by atoms with E-state index in [0.717, 1.165) is 6.07 Å². The number of nitrogens with two attached hydrogens (primary N) is 1. The SMILES string of the molecule is CCC(CN=C(N)N1CCOCC1)Oc1ccccc1C(F)(F)F. The molecule has 1 aliphatic heterocycles. The van der Waals surface area contributed by atoms with Crippen molar-refractivity contribution in [2.24, 2.45) is 10.7 Å². The summed E-state index contributed by atoms with van der Waals surface area (Å²) in [7, 11) is 0. The quantitative estimate of drug-likeness (QED) is 0.658. The van der Waals surface area contributed by atoms with E-state index in [2.05, 4.69) is 4.99 Å². The van der Waals surface area contributed by atoms with Crippen LogP contribution in [0.5, 0.6) is 5.75 Å². The third kappa shape index (κ3) is 5.02. The fourth-order valence-electron chi connectivity index (χ4n) is 2.32. The van der Waals surface area contributed by atoms with Gasteiger partial charge in [0.25, 0.3) is 0 Å². The van der Waals surface area contributed by atoms with Crippen LogP contribution in [0.4, 0.5) is 13.2 Å². The number of hydrogen-bond acceptors (Lipinski definition) is 3. The zero-order valence-corrected chi connectivity index (χ0v) is 13.6. The predicted molar refractivity (Wildman–Crippen MR) is 85.0 cm³/mol. The van der Waals surface area contributed by atoms with E-state index < -0.39 is 17.8 Å². The van der Waals surface area contributed by atoms with Crippen molar-refractivity contribution < 1.29 is 22.6 Å². The van der Waals surface area contributed by atoms with Gasteiger partial charge in [0.2, 0.25) is 0 Å². The molecule has 0 radical (unpaired) electrons. The van der Waals surface area contributed by atoms with E-state index in [-0.39, 0.29) is 12.3 Å². The first-order valence-corrected chi connectivity index (χ1v) is 7.87. The Morgan fingerprint density at radius 1 is 1.33 bits per heavy atom. The molecule has 24 heavy (non-hydrogen) atoms. The Morgan fingerprint density at radius 3 is 2.62 bits per heavy atom. The second-order valence-electron chi connectivity index (χ2n) is 5.44. The van der Waals surface area contributed by atoms with Gasteiger partial charge in [-0.25, -0.2) is 4.99 Å². The van der Waals surface area contributed by atoms with Crippen LogP contribution in [0.1, 0.15) is 18.9 Å². The second kappa shape index (κ2) is 8.23. The molecule has 1 atom stereocenters. The summed E-state index contributed by atoms with van der Waals surface area (Å²) in [5.41, 5.74) is 5.15. The summed E-state index contributed by atoms with van der Waals surface area (Å²) in [5, 5.41) is 0. The molecule has 1 aromatic carbocycles. The number of para-hydroxylation sites is 1. The van der Waals surface area contributed by atoms with Crippen molar-refractivity contribution in [3.05, 3.63) is 29.8 Å². The van der Waals surface area contributed by atoms with Crippen molar-refractivity contribution in [1.82, 2.24) is 4.90 Å². The van der Waals surface area contributed by atoms with Gasteiger partial charge in [-0.3, -0.25) is 0 Å². The number of morpholine rings is 1. The Morgan fingerprint density at radius 2 is 2.00 bits per heavy atom. The standard InChI is InChI=1S/C16H22F3N3O2/c1-2-12(11-21-15(20)22-7-9-23-10-8-22)24-14-6-4-3-5-13(14)16(17,18)19/h3-6,12H,2,7-11H2,1H3,(H2,20,21). The highest BCUT2D eigenvalue weighted by Gasteiger charge is 2.34. The number of alkyl halides is 3. The topological polar surface area (TPSA) is 60.1 Å². The first kappa shape index (κ1) is 18.4. The molecule has 1 unspecified atom stereocenters. The summed E-state index contributed by atoms with van der Waals surface area (Å²) in [4.78, 5) is 6.15. The largest absolute Gasteiger partial charge is 0.488 e. The smallest absolute Gasteiger partial charge is 0.419 e. The van der Waals surface area contributed by atoms with Gasteiger partial charge in [-0.05, 0) is 18.6 Å². The Hall–Kier alpha value is -1.96. The van der Waals surface area contributed by atoms with Gasteiger partial charge >= 0.3 is 6.18 Å². The van der Waals surface area contributed by atoms with Crippen LogP contribution in [0.3, 0.4) is 0 Å². The van der Waals surface area contributed by atoms with Crippen molar-refractivity contribution in [1.29, 1.82) is 0 Å². The van der Waals surface area contributed by atoms with E-state index in [1.165, 1.54) is 18.2 Å². The lowest BCUT2D eigenvalue weighted by Gasteiger charge is -2.28. The number of rotatable bonds is 5. The van der Waals surface area contributed by atoms with Gasteiger partial charge < -0.3 is 20.1 Å². The van der Waals surface area contributed by atoms with Crippen LogP contribution in [0, 0.1) is 0 Å². The van der Waals surface area contributed by atoms with E-state index in [1.807, 2.05) is 11.8 Å². The second-order valence-corrected chi connectivity index (χ2v) is 5.44. The van der Waals surface area contributed by atoms with Crippen LogP contribution in [0.25, 0.3) is 0 Å². The van der Waals surface area contributed by atoms with Crippen LogP contribution >= 0.6 is 0 Å². The Kier molecular flexibility index (Phi) is 6.30. The molecule has 1 aliphatic rings. The van der Waals surface area contributed by atoms with Crippen molar-refractivity contribution in [3.8, 4) is 5.75 Å². The summed E-state index contributed by atoms with van der Waals surface area (Å²) in [6.07, 6.45) is -4.41. The Bertz CT molecular complexity index is 558. The highest BCUT2D eigenvalue weighted by atomic mass is 19.4. The van der Waals surface area contributed by atoms with Crippen LogP contribution in [-0.4, -0.2) is 49.8 Å². The molecule has 0 amide bonds. The summed E-state index contributed by atoms with van der Waals surface area (Å²) in [6.45, 7) is 4.52. The molecule has 0 bridgehead atoms. The summed E-state index contributed by atoms with van der Waals surface area (Å²) in [6, 6.07) is 5.18. The van der Waals surface area contributed by atoms with Gasteiger partial charge in [-0.15, -0.1) is 0 Å². The number of hydrogen-bond donors (Lipinski definition) is 1. The molecule has 0 spiro atoms. The summed E-state index contributed by atoms with van der Waals surface area (Å²) in [5.74, 6) is 0.182. The summed E-state index contributed by atoms with van der Waals surface area (Å²) >= 11 is 0. The van der Waals surface area contributed by atoms with Gasteiger partial charge in [0.15, 0.2) is 5.96 Å². The molecule has 8 heteroatoms. The Balaban J connectivity index is 2.02. The lowest BCUT2D eigenvalue weighted by atomic mass is 10.2. The molecular weight excluding hydrogens is 323 g/mol. The molecule has 2 N–H and O–H groups in total. The van der Waals surface area contributed by atoms with Crippen molar-refractivity contribution in [2.45, 2.75) is 25.6 Å². The molecule has 1 fully saturated rings. The van der Waals surface area contributed by atoms with Gasteiger partial charge in [-0.2, -0.15) is 13.2 Å². The predicted octanol–water partition coefficient (Wildman–Crippen LogP) is 2.51. The first-order valence-electron chi connectivity index (χ1n) is 7.87. The molecule has 5 nitrogen and oxygen atoms in total. The van der Waals surface area contributed by atoms with E-state index in [0.29, 0.717) is 38.7 Å². The van der Waals surface area contributed by atoms with Crippen LogP contribution in [0.2, 0.25) is 0 Å². The number of guanidine groups is 1. The van der Waals surface area contributed by atoms with Gasteiger partial charge in [0, 0.05) is 13.1 Å². The highest BCUT2D eigenvalue weighted by molar-refractivity contribution is 5.78. The third-order valence-corrected chi connectivity index (χ3v) is 3.73. The third-order valence-electron chi connectivity index (χ3n) is 3.73. The molecule has 134 valence electrons. The average Bonchev–Trinajstić information content (AvgIpc) is 2.58. The number of halogens is 3. The maximum atomic E-state index is 13.0. The van der Waals surface area contributed by atoms with E-state index in [4.69, 9.17) is 15.2 Å². The van der Waals surface area contributed by atoms with Crippen LogP contribution in [-0.2, 0) is 10.9 Å². The van der Waals surface area contributed by atoms with Gasteiger partial charge in [0.05, 0.1) is 25.3 Å². The van der Waals surface area contributed by atoms with Crippen molar-refractivity contribution in [2.75, 3.05) is 32.8 Å². The molecule has 2 rings (SSSR count). The molecular formula is C16H22F3N3O2. The van der Waals surface area contributed by atoms with Crippen molar-refractivity contribution in [3.63, 3.8) is 0 Å². The monoisotopic (exact) mass is 345 g/mol. The molecule has 0 saturated carbocycles. The van der Waals surface area contributed by atoms with E-state index >= 15 is 0 Å². The lowest BCUT2D eigenvalue weighted by Crippen LogP contribution is -2.45. The average molecular weight is 345 g/mol. The maximum absolute atomic E-state index is 13.0. The lowest BCUT2D eigenvalue weighted by molar-refractivity contribution is -0.139. The molecule has 1 saturated heterocycles. The maximum Gasteiger partial charge on any atom is 0.419 e. The minimum absolute atomic E-state index is 0.183. The summed E-state index contributed by atoms with van der Waals surface area (Å²) < 4.78 is 49.8. The number of benzene rings is 1. The number of ether oxygens (including phenoxy) is 2. The molecule has 0 aromatic heterocycles. The fraction of sp³-hybridized carbons (Fsp3) is 0.562. The van der Waals surface area contributed by atoms with E-state index in [1.54, 1.807) is 0 Å². The first-order chi connectivity index (χ1) is 11.4. The fourth-order valence-corrected chi connectivity index (χ4v) is 2.32. The minimum atomic E-state index is -4.45. The van der Waals surface area contributed by atoms with Crippen LogP contribution in [0.15, 0.2) is 29.3 Å². The Labute approximate surface area is 139 Å². The zero-order valence-electron chi connectivity index (χ0n) is 13.6. The molecule has 0 aliphatic carbocycles. The van der Waals surface area contributed by atoms with E-state index in [9.17, 15) is 13.2 Å².